The number of hydrogen-bond donors (Lipinski definition) is 2. The van der Waals surface area contributed by atoms with Crippen molar-refractivity contribution in [2.75, 3.05) is 17.6 Å². The van der Waals surface area contributed by atoms with E-state index in [4.69, 9.17) is 5.73 Å². The lowest BCUT2D eigenvalue weighted by Crippen LogP contribution is -2.08. The molecule has 0 bridgehead atoms. The number of aromatic nitrogens is 2. The Morgan fingerprint density at radius 3 is 2.92 bits per heavy atom. The molecule has 1 rings (SSSR count). The lowest BCUT2D eigenvalue weighted by Gasteiger charge is -2.08. The van der Waals surface area contributed by atoms with Crippen LogP contribution in [0.1, 0.15) is 20.3 Å². The Hall–Kier alpha value is -1.32. The molecule has 72 valence electrons. The van der Waals surface area contributed by atoms with Crippen LogP contribution < -0.4 is 11.1 Å². The third-order valence-corrected chi connectivity index (χ3v) is 1.75. The maximum atomic E-state index is 5.65. The van der Waals surface area contributed by atoms with Crippen molar-refractivity contribution in [3.8, 4) is 0 Å². The molecule has 0 atom stereocenters. The lowest BCUT2D eigenvalue weighted by molar-refractivity contribution is 0.606. The van der Waals surface area contributed by atoms with Gasteiger partial charge in [-0.05, 0) is 12.3 Å². The molecule has 1 aromatic heterocycles. The van der Waals surface area contributed by atoms with Crippen LogP contribution in [0.5, 0.6) is 0 Å². The second-order valence-corrected chi connectivity index (χ2v) is 3.44. The fourth-order valence-electron chi connectivity index (χ4n) is 0.967. The molecule has 0 saturated heterocycles. The average Bonchev–Trinajstić information content (AvgIpc) is 2.08. The van der Waals surface area contributed by atoms with Crippen LogP contribution in [0.15, 0.2) is 12.5 Å². The summed E-state index contributed by atoms with van der Waals surface area (Å²) in [5, 5.41) is 3.17. The van der Waals surface area contributed by atoms with Crippen molar-refractivity contribution < 1.29 is 0 Å². The van der Waals surface area contributed by atoms with Gasteiger partial charge < -0.3 is 11.1 Å². The minimum Gasteiger partial charge on any atom is -0.394 e. The van der Waals surface area contributed by atoms with Crippen LogP contribution in [-0.2, 0) is 0 Å². The molecule has 4 heteroatoms. The van der Waals surface area contributed by atoms with E-state index in [9.17, 15) is 0 Å². The number of nitrogens with zero attached hydrogens (tertiary/aromatic N) is 2. The molecule has 3 N–H and O–H groups in total. The van der Waals surface area contributed by atoms with Crippen molar-refractivity contribution in [3.63, 3.8) is 0 Å². The van der Waals surface area contributed by atoms with Crippen molar-refractivity contribution in [1.29, 1.82) is 0 Å². The van der Waals surface area contributed by atoms with Crippen LogP contribution in [0.25, 0.3) is 0 Å². The Labute approximate surface area is 78.6 Å². The van der Waals surface area contributed by atoms with Gasteiger partial charge in [0, 0.05) is 6.54 Å². The van der Waals surface area contributed by atoms with E-state index >= 15 is 0 Å². The topological polar surface area (TPSA) is 63.8 Å². The van der Waals surface area contributed by atoms with Gasteiger partial charge in [-0.1, -0.05) is 13.8 Å². The fraction of sp³-hybridized carbons (Fsp3) is 0.556. The minimum atomic E-state index is 0.603. The van der Waals surface area contributed by atoms with E-state index in [0.29, 0.717) is 11.6 Å². The maximum Gasteiger partial charge on any atom is 0.152 e. The highest BCUT2D eigenvalue weighted by atomic mass is 15.0. The molecule has 0 amide bonds. The Morgan fingerprint density at radius 1 is 1.54 bits per heavy atom. The molecule has 0 fully saturated rings. The smallest absolute Gasteiger partial charge is 0.152 e. The van der Waals surface area contributed by atoms with Crippen LogP contribution in [0.3, 0.4) is 0 Å². The third-order valence-electron chi connectivity index (χ3n) is 1.75. The molecule has 0 spiro atoms. The molecule has 0 aliphatic heterocycles. The summed E-state index contributed by atoms with van der Waals surface area (Å²) in [4.78, 5) is 7.84. The van der Waals surface area contributed by atoms with Gasteiger partial charge in [0.2, 0.25) is 0 Å². The predicted octanol–water partition coefficient (Wildman–Crippen LogP) is 1.52. The number of rotatable bonds is 4. The van der Waals surface area contributed by atoms with Crippen LogP contribution >= 0.6 is 0 Å². The van der Waals surface area contributed by atoms with Crippen molar-refractivity contribution in [1.82, 2.24) is 9.97 Å². The van der Waals surface area contributed by atoms with Gasteiger partial charge in [0.05, 0.1) is 11.9 Å². The Balaban J connectivity index is 2.41. The monoisotopic (exact) mass is 180 g/mol. The van der Waals surface area contributed by atoms with Crippen LogP contribution in [-0.4, -0.2) is 16.5 Å². The first-order valence-electron chi connectivity index (χ1n) is 4.49. The first kappa shape index (κ1) is 9.77. The van der Waals surface area contributed by atoms with Crippen LogP contribution in [0.4, 0.5) is 11.5 Å². The van der Waals surface area contributed by atoms with Gasteiger partial charge in [-0.2, -0.15) is 0 Å². The second kappa shape index (κ2) is 4.64. The van der Waals surface area contributed by atoms with E-state index in [2.05, 4.69) is 29.1 Å². The summed E-state index contributed by atoms with van der Waals surface area (Å²) in [5.74, 6) is 1.42. The predicted molar refractivity (Wildman–Crippen MR) is 54.4 cm³/mol. The zero-order valence-electron chi connectivity index (χ0n) is 8.12. The molecule has 1 heterocycles. The van der Waals surface area contributed by atoms with Crippen molar-refractivity contribution in [2.45, 2.75) is 20.3 Å². The average molecular weight is 180 g/mol. The summed E-state index contributed by atoms with van der Waals surface area (Å²) >= 11 is 0. The number of nitrogens with two attached hydrogens (primary N) is 1. The Kier molecular flexibility index (Phi) is 3.49. The zero-order valence-corrected chi connectivity index (χ0v) is 8.12. The highest BCUT2D eigenvalue weighted by molar-refractivity contribution is 5.58. The van der Waals surface area contributed by atoms with Gasteiger partial charge in [-0.3, -0.25) is 0 Å². The highest BCUT2D eigenvalue weighted by Gasteiger charge is 1.99. The number of nitrogens with one attached hydrogen (secondary N) is 1. The molecular weight excluding hydrogens is 164 g/mol. The zero-order chi connectivity index (χ0) is 9.68. The summed E-state index contributed by atoms with van der Waals surface area (Å²) in [6.45, 7) is 5.27. The highest BCUT2D eigenvalue weighted by Crippen LogP contribution is 2.11. The molecule has 13 heavy (non-hydrogen) atoms. The summed E-state index contributed by atoms with van der Waals surface area (Å²) in [6.07, 6.45) is 4.21. The standard InChI is InChI=1S/C9H16N4/c1-7(2)3-4-12-9-8(10)5-11-6-13-9/h5-7H,3-4,10H2,1-2H3,(H,11,12,13). The Bertz CT molecular complexity index is 260. The molecule has 4 nitrogen and oxygen atoms in total. The van der Waals surface area contributed by atoms with E-state index in [1.54, 1.807) is 6.20 Å². The largest absolute Gasteiger partial charge is 0.394 e. The normalized spacial score (nSPS) is 10.4. The second-order valence-electron chi connectivity index (χ2n) is 3.44. The molecule has 1 aromatic rings. The van der Waals surface area contributed by atoms with Crippen molar-refractivity contribution in [2.24, 2.45) is 5.92 Å². The summed E-state index contributed by atoms with van der Waals surface area (Å²) in [5.41, 5.74) is 6.25. The van der Waals surface area contributed by atoms with Gasteiger partial charge >= 0.3 is 0 Å². The Morgan fingerprint density at radius 2 is 2.31 bits per heavy atom. The number of nitrogen functional groups attached to an aromatic ring is 1. The van der Waals surface area contributed by atoms with E-state index in [-0.39, 0.29) is 0 Å². The maximum absolute atomic E-state index is 5.65. The van der Waals surface area contributed by atoms with Crippen LogP contribution in [0, 0.1) is 5.92 Å². The number of anilines is 2. The van der Waals surface area contributed by atoms with Gasteiger partial charge in [0.15, 0.2) is 5.82 Å². The quantitative estimate of drug-likeness (QED) is 0.737. The first-order chi connectivity index (χ1) is 6.20. The molecule has 0 aliphatic carbocycles. The third kappa shape index (κ3) is 3.27. The molecule has 0 aliphatic rings. The molecule has 0 aromatic carbocycles. The van der Waals surface area contributed by atoms with Crippen LogP contribution in [0.2, 0.25) is 0 Å². The van der Waals surface area contributed by atoms with E-state index in [1.807, 2.05) is 0 Å². The molecular formula is C9H16N4. The summed E-state index contributed by atoms with van der Waals surface area (Å²) in [6, 6.07) is 0. The van der Waals surface area contributed by atoms with Gasteiger partial charge in [0.25, 0.3) is 0 Å². The van der Waals surface area contributed by atoms with Gasteiger partial charge in [0.1, 0.15) is 6.33 Å². The van der Waals surface area contributed by atoms with Gasteiger partial charge in [-0.25, -0.2) is 9.97 Å². The molecule has 0 radical (unpaired) electrons. The summed E-state index contributed by atoms with van der Waals surface area (Å²) < 4.78 is 0. The van der Waals surface area contributed by atoms with E-state index < -0.39 is 0 Å². The van der Waals surface area contributed by atoms with Crippen molar-refractivity contribution >= 4 is 11.5 Å². The molecule has 0 unspecified atom stereocenters. The molecule has 0 saturated carbocycles. The minimum absolute atomic E-state index is 0.603. The van der Waals surface area contributed by atoms with Gasteiger partial charge in [-0.15, -0.1) is 0 Å². The first-order valence-corrected chi connectivity index (χ1v) is 4.49. The van der Waals surface area contributed by atoms with Crippen molar-refractivity contribution in [3.05, 3.63) is 12.5 Å². The lowest BCUT2D eigenvalue weighted by atomic mass is 10.1. The van der Waals surface area contributed by atoms with E-state index in [0.717, 1.165) is 18.8 Å². The summed E-state index contributed by atoms with van der Waals surface area (Å²) in [7, 11) is 0. The fourth-order valence-corrected chi connectivity index (χ4v) is 0.967. The number of hydrogen-bond acceptors (Lipinski definition) is 4. The SMILES string of the molecule is CC(C)CCNc1ncncc1N. The van der Waals surface area contributed by atoms with E-state index in [1.165, 1.54) is 6.33 Å².